The highest BCUT2D eigenvalue weighted by Gasteiger charge is 2.25. The van der Waals surface area contributed by atoms with Crippen molar-refractivity contribution in [2.75, 3.05) is 6.61 Å². The van der Waals surface area contributed by atoms with Crippen LogP contribution in [0, 0.1) is 6.92 Å². The van der Waals surface area contributed by atoms with Crippen LogP contribution in [0.25, 0.3) is 5.52 Å². The normalized spacial score (nSPS) is 16.8. The predicted octanol–water partition coefficient (Wildman–Crippen LogP) is 1.12. The number of amides is 1. The number of carbonyl (C=O) groups excluding carboxylic acids is 1. The lowest BCUT2D eigenvalue weighted by molar-refractivity contribution is 0.0933. The lowest BCUT2D eigenvalue weighted by atomic mass is 9.95. The number of aromatic nitrogens is 4. The van der Waals surface area contributed by atoms with Gasteiger partial charge in [-0.3, -0.25) is 4.79 Å². The number of fused-ring (bicyclic) bond motifs is 2. The van der Waals surface area contributed by atoms with E-state index in [1.54, 1.807) is 18.7 Å². The molecule has 130 valence electrons. The first-order chi connectivity index (χ1) is 12.2. The van der Waals surface area contributed by atoms with Gasteiger partial charge in [-0.2, -0.15) is 0 Å². The van der Waals surface area contributed by atoms with Crippen molar-refractivity contribution in [2.24, 2.45) is 0 Å². The predicted molar refractivity (Wildman–Crippen MR) is 92.5 cm³/mol. The van der Waals surface area contributed by atoms with E-state index in [9.17, 15) is 9.90 Å². The Labute approximate surface area is 145 Å². The lowest BCUT2D eigenvalue weighted by Gasteiger charge is -2.24. The van der Waals surface area contributed by atoms with Gasteiger partial charge in [-0.1, -0.05) is 0 Å². The molecule has 7 nitrogen and oxygen atoms in total. The zero-order valence-corrected chi connectivity index (χ0v) is 14.1. The second-order valence-electron chi connectivity index (χ2n) is 6.48. The minimum atomic E-state index is -0.0736. The van der Waals surface area contributed by atoms with Crippen LogP contribution in [0.5, 0.6) is 0 Å². The van der Waals surface area contributed by atoms with Crippen molar-refractivity contribution in [2.45, 2.75) is 38.8 Å². The molecule has 2 N–H and O–H groups in total. The van der Waals surface area contributed by atoms with Crippen LogP contribution in [0.4, 0.5) is 0 Å². The summed E-state index contributed by atoms with van der Waals surface area (Å²) in [5.41, 5.74) is 3.81. The van der Waals surface area contributed by atoms with Gasteiger partial charge >= 0.3 is 0 Å². The molecular weight excluding hydrogens is 318 g/mol. The number of carbonyl (C=O) groups is 1. The van der Waals surface area contributed by atoms with Gasteiger partial charge in [0.05, 0.1) is 35.9 Å². The molecule has 0 radical (unpaired) electrons. The number of aliphatic hydroxyl groups is 1. The van der Waals surface area contributed by atoms with E-state index in [-0.39, 0.29) is 18.6 Å². The van der Waals surface area contributed by atoms with Gasteiger partial charge < -0.3 is 19.4 Å². The fourth-order valence-corrected chi connectivity index (χ4v) is 3.60. The largest absolute Gasteiger partial charge is 0.395 e. The van der Waals surface area contributed by atoms with Crippen molar-refractivity contribution in [1.29, 1.82) is 0 Å². The number of hydrogen-bond acceptors (Lipinski definition) is 4. The van der Waals surface area contributed by atoms with Crippen LogP contribution in [0.2, 0.25) is 0 Å². The van der Waals surface area contributed by atoms with Crippen LogP contribution < -0.4 is 5.32 Å². The Hall–Kier alpha value is -2.67. The molecular formula is C18H21N5O2. The highest BCUT2D eigenvalue weighted by molar-refractivity contribution is 5.94. The third-order valence-corrected chi connectivity index (χ3v) is 4.84. The molecule has 1 aliphatic rings. The van der Waals surface area contributed by atoms with Crippen LogP contribution in [0.3, 0.4) is 0 Å². The molecule has 1 atom stereocenters. The molecule has 0 aromatic carbocycles. The fraction of sp³-hybridized carbons (Fsp3) is 0.389. The number of nitrogens with zero attached hydrogens (tertiary/aromatic N) is 4. The van der Waals surface area contributed by atoms with Crippen LogP contribution in [0.15, 0.2) is 30.9 Å². The number of aryl methyl sites for hydroxylation is 1. The van der Waals surface area contributed by atoms with Crippen molar-refractivity contribution in [1.82, 2.24) is 24.3 Å². The first-order valence-corrected chi connectivity index (χ1v) is 8.54. The van der Waals surface area contributed by atoms with E-state index < -0.39 is 0 Å². The molecule has 1 unspecified atom stereocenters. The van der Waals surface area contributed by atoms with Gasteiger partial charge in [0.15, 0.2) is 0 Å². The molecule has 3 aromatic rings. The van der Waals surface area contributed by atoms with Crippen LogP contribution in [-0.2, 0) is 19.4 Å². The molecule has 3 heterocycles. The Morgan fingerprint density at radius 2 is 2.32 bits per heavy atom. The minimum absolute atomic E-state index is 0.0736. The van der Waals surface area contributed by atoms with E-state index in [0.29, 0.717) is 12.1 Å². The van der Waals surface area contributed by atoms with Crippen LogP contribution in [-0.4, -0.2) is 42.6 Å². The molecule has 7 heteroatoms. The maximum atomic E-state index is 12.6. The zero-order valence-electron chi connectivity index (χ0n) is 14.1. The molecule has 4 rings (SSSR count). The summed E-state index contributed by atoms with van der Waals surface area (Å²) in [5.74, 6) is 0.854. The zero-order chi connectivity index (χ0) is 17.4. The van der Waals surface area contributed by atoms with E-state index in [0.717, 1.165) is 36.3 Å². The topological polar surface area (TPSA) is 84.5 Å². The van der Waals surface area contributed by atoms with Gasteiger partial charge in [-0.15, -0.1) is 0 Å². The Balaban J connectivity index is 1.48. The maximum absolute atomic E-state index is 12.6. The first-order valence-electron chi connectivity index (χ1n) is 8.54. The van der Waals surface area contributed by atoms with Gasteiger partial charge in [-0.25, -0.2) is 9.97 Å². The molecule has 0 aliphatic heterocycles. The summed E-state index contributed by atoms with van der Waals surface area (Å²) in [7, 11) is 0. The monoisotopic (exact) mass is 339 g/mol. The van der Waals surface area contributed by atoms with Crippen LogP contribution >= 0.6 is 0 Å². The van der Waals surface area contributed by atoms with E-state index in [1.165, 1.54) is 5.69 Å². The van der Waals surface area contributed by atoms with Gasteiger partial charge in [0.25, 0.3) is 5.91 Å². The summed E-state index contributed by atoms with van der Waals surface area (Å²) in [5, 5.41) is 12.3. The van der Waals surface area contributed by atoms with E-state index >= 15 is 0 Å². The number of imidazole rings is 2. The molecule has 0 spiro atoms. The third kappa shape index (κ3) is 2.91. The highest BCUT2D eigenvalue weighted by Crippen LogP contribution is 2.23. The highest BCUT2D eigenvalue weighted by atomic mass is 16.3. The average molecular weight is 339 g/mol. The van der Waals surface area contributed by atoms with Gasteiger partial charge in [-0.05, 0) is 31.9 Å². The SMILES string of the molecule is Cc1nc2c(n1CCO)CCC(NC(=O)c1ccc3cncn3c1)C2. The second kappa shape index (κ2) is 6.33. The summed E-state index contributed by atoms with van der Waals surface area (Å²) < 4.78 is 3.92. The summed E-state index contributed by atoms with van der Waals surface area (Å²) in [4.78, 5) is 21.3. The van der Waals surface area contributed by atoms with E-state index in [4.69, 9.17) is 0 Å². The molecule has 25 heavy (non-hydrogen) atoms. The summed E-state index contributed by atoms with van der Waals surface area (Å²) in [6.45, 7) is 2.65. The Kier molecular flexibility index (Phi) is 4.01. The molecule has 0 bridgehead atoms. The van der Waals surface area contributed by atoms with Crippen molar-refractivity contribution in [3.05, 3.63) is 53.6 Å². The number of nitrogens with one attached hydrogen (secondary N) is 1. The van der Waals surface area contributed by atoms with Crippen molar-refractivity contribution < 1.29 is 9.90 Å². The molecule has 1 amide bonds. The molecule has 1 aliphatic carbocycles. The van der Waals surface area contributed by atoms with Gasteiger partial charge in [0.2, 0.25) is 0 Å². The van der Waals surface area contributed by atoms with Crippen molar-refractivity contribution in [3.8, 4) is 0 Å². The van der Waals surface area contributed by atoms with Gasteiger partial charge in [0.1, 0.15) is 5.82 Å². The van der Waals surface area contributed by atoms with Crippen molar-refractivity contribution >= 4 is 11.4 Å². The average Bonchev–Trinajstić information content (AvgIpc) is 3.19. The number of rotatable bonds is 4. The fourth-order valence-electron chi connectivity index (χ4n) is 3.60. The maximum Gasteiger partial charge on any atom is 0.253 e. The summed E-state index contributed by atoms with van der Waals surface area (Å²) >= 11 is 0. The molecule has 0 fully saturated rings. The molecule has 3 aromatic heterocycles. The van der Waals surface area contributed by atoms with E-state index in [2.05, 4.69) is 19.9 Å². The first kappa shape index (κ1) is 15.8. The minimum Gasteiger partial charge on any atom is -0.395 e. The third-order valence-electron chi connectivity index (χ3n) is 4.84. The Morgan fingerprint density at radius 1 is 1.44 bits per heavy atom. The summed E-state index contributed by atoms with van der Waals surface area (Å²) in [6, 6.07) is 3.79. The molecule has 0 saturated heterocycles. The van der Waals surface area contributed by atoms with E-state index in [1.807, 2.05) is 23.5 Å². The summed E-state index contributed by atoms with van der Waals surface area (Å²) in [6.07, 6.45) is 7.72. The lowest BCUT2D eigenvalue weighted by Crippen LogP contribution is -2.39. The number of hydrogen-bond donors (Lipinski definition) is 2. The quantitative estimate of drug-likeness (QED) is 0.746. The Morgan fingerprint density at radius 3 is 3.16 bits per heavy atom. The van der Waals surface area contributed by atoms with Gasteiger partial charge in [0, 0.05) is 30.9 Å². The Bertz CT molecular complexity index is 927. The smallest absolute Gasteiger partial charge is 0.253 e. The number of aliphatic hydroxyl groups excluding tert-OH is 1. The number of pyridine rings is 1. The van der Waals surface area contributed by atoms with Crippen molar-refractivity contribution in [3.63, 3.8) is 0 Å². The standard InChI is InChI=1S/C18H21N5O2/c1-12-20-16-8-14(3-5-17(16)23(12)6-7-24)21-18(25)13-2-4-15-9-19-11-22(15)10-13/h2,4,9-11,14,24H,3,5-8H2,1H3,(H,21,25). The molecule has 0 saturated carbocycles. The van der Waals surface area contributed by atoms with Crippen LogP contribution in [0.1, 0.15) is 34.0 Å². The second-order valence-corrected chi connectivity index (χ2v) is 6.48.